The van der Waals surface area contributed by atoms with Gasteiger partial charge in [0.25, 0.3) is 0 Å². The van der Waals surface area contributed by atoms with Crippen LogP contribution in [0.1, 0.15) is 33.1 Å². The van der Waals surface area contributed by atoms with Crippen molar-refractivity contribution in [3.05, 3.63) is 0 Å². The lowest BCUT2D eigenvalue weighted by atomic mass is 10.0. The summed E-state index contributed by atoms with van der Waals surface area (Å²) in [7, 11) is 0. The van der Waals surface area contributed by atoms with Crippen LogP contribution >= 0.6 is 0 Å². The van der Waals surface area contributed by atoms with Crippen LogP contribution < -0.4 is 0 Å². The molecule has 0 aromatic heterocycles. The van der Waals surface area contributed by atoms with Gasteiger partial charge < -0.3 is 15.1 Å². The van der Waals surface area contributed by atoms with Gasteiger partial charge in [0.05, 0.1) is 5.60 Å². The Morgan fingerprint density at radius 2 is 2.27 bits per heavy atom. The Balaban J connectivity index is 2.33. The zero-order valence-corrected chi connectivity index (χ0v) is 9.57. The number of carboxylic acids is 1. The Hall–Kier alpha value is -0.610. The van der Waals surface area contributed by atoms with E-state index in [2.05, 4.69) is 4.90 Å². The van der Waals surface area contributed by atoms with Crippen molar-refractivity contribution in [1.82, 2.24) is 4.90 Å². The average molecular weight is 215 g/mol. The summed E-state index contributed by atoms with van der Waals surface area (Å²) < 4.78 is 0. The predicted molar refractivity (Wildman–Crippen MR) is 57.7 cm³/mol. The SMILES string of the molecule is CCC(C)(O)CN1CCC(CC(=O)O)C1. The van der Waals surface area contributed by atoms with E-state index in [1.165, 1.54) is 0 Å². The van der Waals surface area contributed by atoms with E-state index in [9.17, 15) is 9.90 Å². The third kappa shape index (κ3) is 4.18. The van der Waals surface area contributed by atoms with Gasteiger partial charge in [0.1, 0.15) is 0 Å². The fourth-order valence-corrected chi connectivity index (χ4v) is 2.06. The molecule has 1 aliphatic heterocycles. The Labute approximate surface area is 90.9 Å². The Bertz CT molecular complexity index is 228. The Morgan fingerprint density at radius 1 is 1.60 bits per heavy atom. The number of rotatable bonds is 5. The van der Waals surface area contributed by atoms with Crippen molar-refractivity contribution in [1.29, 1.82) is 0 Å². The van der Waals surface area contributed by atoms with E-state index in [0.29, 0.717) is 6.54 Å². The molecule has 2 N–H and O–H groups in total. The van der Waals surface area contributed by atoms with Gasteiger partial charge in [-0.2, -0.15) is 0 Å². The van der Waals surface area contributed by atoms with Gasteiger partial charge >= 0.3 is 5.97 Å². The van der Waals surface area contributed by atoms with Gasteiger partial charge in [-0.05, 0) is 32.2 Å². The van der Waals surface area contributed by atoms with Crippen LogP contribution in [0.3, 0.4) is 0 Å². The van der Waals surface area contributed by atoms with Crippen molar-refractivity contribution in [2.75, 3.05) is 19.6 Å². The van der Waals surface area contributed by atoms with Crippen LogP contribution in [0.2, 0.25) is 0 Å². The van der Waals surface area contributed by atoms with Gasteiger partial charge in [-0.15, -0.1) is 0 Å². The van der Waals surface area contributed by atoms with E-state index < -0.39 is 11.6 Å². The third-order valence-electron chi connectivity index (χ3n) is 3.16. The molecular formula is C11H21NO3. The van der Waals surface area contributed by atoms with Crippen molar-refractivity contribution in [3.8, 4) is 0 Å². The van der Waals surface area contributed by atoms with Crippen molar-refractivity contribution < 1.29 is 15.0 Å². The fourth-order valence-electron chi connectivity index (χ4n) is 2.06. The summed E-state index contributed by atoms with van der Waals surface area (Å²) in [5.41, 5.74) is -0.641. The minimum absolute atomic E-state index is 0.255. The first-order valence-corrected chi connectivity index (χ1v) is 5.59. The molecule has 0 saturated carbocycles. The molecule has 4 nitrogen and oxygen atoms in total. The van der Waals surface area contributed by atoms with Crippen LogP contribution in [0.5, 0.6) is 0 Å². The van der Waals surface area contributed by atoms with Crippen molar-refractivity contribution in [2.24, 2.45) is 5.92 Å². The smallest absolute Gasteiger partial charge is 0.303 e. The number of carboxylic acid groups (broad SMARTS) is 1. The Kier molecular flexibility index (Phi) is 4.11. The molecule has 0 amide bonds. The molecule has 1 rings (SSSR count). The highest BCUT2D eigenvalue weighted by atomic mass is 16.4. The van der Waals surface area contributed by atoms with E-state index in [1.807, 2.05) is 13.8 Å². The lowest BCUT2D eigenvalue weighted by Crippen LogP contribution is -2.39. The predicted octanol–water partition coefficient (Wildman–Crippen LogP) is 0.944. The first-order chi connectivity index (χ1) is 6.93. The maximum Gasteiger partial charge on any atom is 0.303 e. The number of carbonyl (C=O) groups is 1. The first kappa shape index (κ1) is 12.5. The maximum absolute atomic E-state index is 10.5. The summed E-state index contributed by atoms with van der Waals surface area (Å²) in [4.78, 5) is 12.7. The lowest BCUT2D eigenvalue weighted by molar-refractivity contribution is -0.138. The zero-order valence-electron chi connectivity index (χ0n) is 9.57. The first-order valence-electron chi connectivity index (χ1n) is 5.59. The van der Waals surface area contributed by atoms with Crippen LogP contribution in [0.25, 0.3) is 0 Å². The number of hydrogen-bond donors (Lipinski definition) is 2. The summed E-state index contributed by atoms with van der Waals surface area (Å²) in [5.74, 6) is -0.459. The summed E-state index contributed by atoms with van der Waals surface area (Å²) >= 11 is 0. The van der Waals surface area contributed by atoms with Gasteiger partial charge in [0, 0.05) is 19.5 Å². The lowest BCUT2D eigenvalue weighted by Gasteiger charge is -2.27. The summed E-state index contributed by atoms with van der Waals surface area (Å²) in [6.07, 6.45) is 1.92. The molecule has 0 aromatic carbocycles. The van der Waals surface area contributed by atoms with E-state index in [0.717, 1.165) is 25.9 Å². The largest absolute Gasteiger partial charge is 0.481 e. The van der Waals surface area contributed by atoms with Gasteiger partial charge in [0.15, 0.2) is 0 Å². The van der Waals surface area contributed by atoms with Crippen molar-refractivity contribution in [3.63, 3.8) is 0 Å². The normalized spacial score (nSPS) is 26.5. The molecule has 15 heavy (non-hydrogen) atoms. The van der Waals surface area contributed by atoms with E-state index in [-0.39, 0.29) is 12.3 Å². The second-order valence-corrected chi connectivity index (χ2v) is 4.84. The highest BCUT2D eigenvalue weighted by Gasteiger charge is 2.29. The number of aliphatic carboxylic acids is 1. The van der Waals surface area contributed by atoms with Crippen LogP contribution in [0.15, 0.2) is 0 Å². The minimum atomic E-state index is -0.718. The van der Waals surface area contributed by atoms with Gasteiger partial charge in [-0.1, -0.05) is 6.92 Å². The molecule has 1 aliphatic rings. The number of aliphatic hydroxyl groups is 1. The molecule has 1 heterocycles. The Morgan fingerprint density at radius 3 is 2.80 bits per heavy atom. The molecule has 0 aromatic rings. The van der Waals surface area contributed by atoms with Gasteiger partial charge in [-0.3, -0.25) is 4.79 Å². The van der Waals surface area contributed by atoms with Crippen molar-refractivity contribution in [2.45, 2.75) is 38.7 Å². The van der Waals surface area contributed by atoms with Crippen molar-refractivity contribution >= 4 is 5.97 Å². The number of β-amino-alcohol motifs (C(OH)–C–C–N with tert-alkyl or cyclic N) is 1. The molecule has 0 spiro atoms. The maximum atomic E-state index is 10.5. The van der Waals surface area contributed by atoms with Gasteiger partial charge in [-0.25, -0.2) is 0 Å². The minimum Gasteiger partial charge on any atom is -0.481 e. The molecule has 88 valence electrons. The summed E-state index contributed by atoms with van der Waals surface area (Å²) in [5, 5.41) is 18.6. The van der Waals surface area contributed by atoms with Crippen LogP contribution in [-0.2, 0) is 4.79 Å². The molecule has 0 aliphatic carbocycles. The molecule has 0 bridgehead atoms. The zero-order chi connectivity index (χ0) is 11.5. The number of nitrogens with zero attached hydrogens (tertiary/aromatic N) is 1. The van der Waals surface area contributed by atoms with Crippen LogP contribution in [-0.4, -0.2) is 46.3 Å². The van der Waals surface area contributed by atoms with E-state index in [4.69, 9.17) is 5.11 Å². The molecule has 1 fully saturated rings. The molecule has 2 unspecified atom stereocenters. The number of likely N-dealkylation sites (tertiary alicyclic amines) is 1. The number of hydrogen-bond acceptors (Lipinski definition) is 3. The standard InChI is InChI=1S/C11H21NO3/c1-3-11(2,15)8-12-5-4-9(7-12)6-10(13)14/h9,15H,3-8H2,1-2H3,(H,13,14). The van der Waals surface area contributed by atoms with E-state index >= 15 is 0 Å². The quantitative estimate of drug-likeness (QED) is 0.716. The molecule has 1 saturated heterocycles. The topological polar surface area (TPSA) is 60.8 Å². The van der Waals surface area contributed by atoms with Crippen LogP contribution in [0, 0.1) is 5.92 Å². The molecule has 4 heteroatoms. The average Bonchev–Trinajstić information content (AvgIpc) is 2.50. The van der Waals surface area contributed by atoms with Gasteiger partial charge in [0.2, 0.25) is 0 Å². The van der Waals surface area contributed by atoms with E-state index in [1.54, 1.807) is 0 Å². The van der Waals surface area contributed by atoms with Crippen LogP contribution in [0.4, 0.5) is 0 Å². The molecule has 0 radical (unpaired) electrons. The third-order valence-corrected chi connectivity index (χ3v) is 3.16. The highest BCUT2D eigenvalue weighted by molar-refractivity contribution is 5.67. The molecule has 2 atom stereocenters. The fraction of sp³-hybridized carbons (Fsp3) is 0.909. The molecular weight excluding hydrogens is 194 g/mol. The summed E-state index contributed by atoms with van der Waals surface area (Å²) in [6, 6.07) is 0. The monoisotopic (exact) mass is 215 g/mol. The highest BCUT2D eigenvalue weighted by Crippen LogP contribution is 2.22. The summed E-state index contributed by atoms with van der Waals surface area (Å²) in [6.45, 7) is 6.17. The second kappa shape index (κ2) is 4.94. The second-order valence-electron chi connectivity index (χ2n) is 4.84.